The van der Waals surface area contributed by atoms with Crippen molar-refractivity contribution >= 4 is 5.91 Å². The van der Waals surface area contributed by atoms with E-state index < -0.39 is 0 Å². The van der Waals surface area contributed by atoms with Crippen molar-refractivity contribution in [3.05, 3.63) is 0 Å². The van der Waals surface area contributed by atoms with Crippen molar-refractivity contribution in [3.8, 4) is 0 Å². The SMILES string of the molecule is CC.CCN(C)C(=O)C1CCOC(C)(C)C1. The van der Waals surface area contributed by atoms with Crippen LogP contribution in [0.15, 0.2) is 0 Å². The van der Waals surface area contributed by atoms with E-state index in [2.05, 4.69) is 13.8 Å². The molecule has 1 heterocycles. The van der Waals surface area contributed by atoms with Gasteiger partial charge in [0.1, 0.15) is 0 Å². The third kappa shape index (κ3) is 4.52. The predicted octanol–water partition coefficient (Wildman–Crippen LogP) is 2.70. The molecule has 3 heteroatoms. The minimum atomic E-state index is -0.132. The normalized spacial score (nSPS) is 23.0. The molecule has 1 aliphatic heterocycles. The molecule has 0 aliphatic carbocycles. The molecule has 1 unspecified atom stereocenters. The van der Waals surface area contributed by atoms with Crippen LogP contribution in [0.4, 0.5) is 0 Å². The Bertz CT molecular complexity index is 214. The highest BCUT2D eigenvalue weighted by atomic mass is 16.5. The van der Waals surface area contributed by atoms with Gasteiger partial charge in [0, 0.05) is 26.1 Å². The zero-order chi connectivity index (χ0) is 12.8. The van der Waals surface area contributed by atoms with Gasteiger partial charge in [-0.2, -0.15) is 0 Å². The van der Waals surface area contributed by atoms with E-state index in [4.69, 9.17) is 4.74 Å². The summed E-state index contributed by atoms with van der Waals surface area (Å²) in [4.78, 5) is 13.7. The summed E-state index contributed by atoms with van der Waals surface area (Å²) in [6, 6.07) is 0. The first-order chi connectivity index (χ1) is 7.46. The van der Waals surface area contributed by atoms with Crippen LogP contribution < -0.4 is 0 Å². The van der Waals surface area contributed by atoms with Crippen LogP contribution in [0.2, 0.25) is 0 Å². The molecule has 1 rings (SSSR count). The van der Waals surface area contributed by atoms with Crippen molar-refractivity contribution in [1.29, 1.82) is 0 Å². The Morgan fingerprint density at radius 2 is 2.00 bits per heavy atom. The number of amides is 1. The Morgan fingerprint density at radius 1 is 1.44 bits per heavy atom. The van der Waals surface area contributed by atoms with Gasteiger partial charge in [-0.25, -0.2) is 0 Å². The molecule has 0 spiro atoms. The van der Waals surface area contributed by atoms with Crippen LogP contribution in [0.5, 0.6) is 0 Å². The third-order valence-corrected chi connectivity index (χ3v) is 2.90. The Balaban J connectivity index is 0.00000106. The van der Waals surface area contributed by atoms with Crippen molar-refractivity contribution in [1.82, 2.24) is 4.90 Å². The van der Waals surface area contributed by atoms with E-state index in [1.807, 2.05) is 27.8 Å². The third-order valence-electron chi connectivity index (χ3n) is 2.90. The number of hydrogen-bond acceptors (Lipinski definition) is 2. The fourth-order valence-electron chi connectivity index (χ4n) is 1.91. The molecule has 0 aromatic heterocycles. The molecule has 0 aromatic rings. The zero-order valence-electron chi connectivity index (χ0n) is 11.7. The Kier molecular flexibility index (Phi) is 6.65. The second-order valence-electron chi connectivity index (χ2n) is 4.65. The van der Waals surface area contributed by atoms with E-state index >= 15 is 0 Å². The smallest absolute Gasteiger partial charge is 0.225 e. The first kappa shape index (κ1) is 15.4. The van der Waals surface area contributed by atoms with Gasteiger partial charge in [0.25, 0.3) is 0 Å². The highest BCUT2D eigenvalue weighted by molar-refractivity contribution is 5.78. The molecule has 1 amide bonds. The van der Waals surface area contributed by atoms with Gasteiger partial charge in [-0.1, -0.05) is 13.8 Å². The van der Waals surface area contributed by atoms with E-state index in [9.17, 15) is 4.79 Å². The fourth-order valence-corrected chi connectivity index (χ4v) is 1.91. The molecular formula is C13H27NO2. The van der Waals surface area contributed by atoms with Crippen molar-refractivity contribution < 1.29 is 9.53 Å². The summed E-state index contributed by atoms with van der Waals surface area (Å²) in [6.07, 6.45) is 1.71. The molecule has 1 saturated heterocycles. The summed E-state index contributed by atoms with van der Waals surface area (Å²) in [5, 5.41) is 0. The van der Waals surface area contributed by atoms with Crippen LogP contribution in [-0.4, -0.2) is 36.6 Å². The van der Waals surface area contributed by atoms with Gasteiger partial charge >= 0.3 is 0 Å². The van der Waals surface area contributed by atoms with Crippen molar-refractivity contribution in [2.45, 2.75) is 53.1 Å². The second-order valence-corrected chi connectivity index (χ2v) is 4.65. The van der Waals surface area contributed by atoms with Gasteiger partial charge in [-0.3, -0.25) is 4.79 Å². The van der Waals surface area contributed by atoms with Gasteiger partial charge in [0.05, 0.1) is 5.60 Å². The molecule has 0 N–H and O–H groups in total. The number of hydrogen-bond donors (Lipinski definition) is 0. The molecule has 96 valence electrons. The molecule has 1 atom stereocenters. The second kappa shape index (κ2) is 6.89. The lowest BCUT2D eigenvalue weighted by molar-refractivity contribution is -0.143. The summed E-state index contributed by atoms with van der Waals surface area (Å²) in [7, 11) is 1.87. The zero-order valence-corrected chi connectivity index (χ0v) is 11.7. The van der Waals surface area contributed by atoms with Crippen molar-refractivity contribution in [3.63, 3.8) is 0 Å². The van der Waals surface area contributed by atoms with Crippen LogP contribution in [0, 0.1) is 5.92 Å². The van der Waals surface area contributed by atoms with E-state index in [1.54, 1.807) is 4.90 Å². The minimum absolute atomic E-state index is 0.132. The average Bonchev–Trinajstić information content (AvgIpc) is 2.28. The van der Waals surface area contributed by atoms with Gasteiger partial charge in [0.15, 0.2) is 0 Å². The molecule has 0 aromatic carbocycles. The molecule has 1 aliphatic rings. The maximum Gasteiger partial charge on any atom is 0.225 e. The fraction of sp³-hybridized carbons (Fsp3) is 0.923. The Hall–Kier alpha value is -0.570. The molecule has 0 saturated carbocycles. The van der Waals surface area contributed by atoms with E-state index in [0.717, 1.165) is 19.4 Å². The molecule has 0 radical (unpaired) electrons. The van der Waals surface area contributed by atoms with Crippen LogP contribution in [-0.2, 0) is 9.53 Å². The van der Waals surface area contributed by atoms with Crippen LogP contribution in [0.25, 0.3) is 0 Å². The molecule has 0 bridgehead atoms. The van der Waals surface area contributed by atoms with Gasteiger partial charge < -0.3 is 9.64 Å². The molecule has 16 heavy (non-hydrogen) atoms. The van der Waals surface area contributed by atoms with Gasteiger partial charge in [-0.15, -0.1) is 0 Å². The van der Waals surface area contributed by atoms with Crippen LogP contribution in [0.3, 0.4) is 0 Å². The molecular weight excluding hydrogens is 202 g/mol. The topological polar surface area (TPSA) is 29.5 Å². The average molecular weight is 229 g/mol. The quantitative estimate of drug-likeness (QED) is 0.728. The summed E-state index contributed by atoms with van der Waals surface area (Å²) in [5.41, 5.74) is -0.132. The number of nitrogens with zero attached hydrogens (tertiary/aromatic N) is 1. The lowest BCUT2D eigenvalue weighted by Crippen LogP contribution is -2.42. The molecule has 1 fully saturated rings. The number of ether oxygens (including phenoxy) is 1. The van der Waals surface area contributed by atoms with E-state index in [0.29, 0.717) is 6.61 Å². The minimum Gasteiger partial charge on any atom is -0.376 e. The monoisotopic (exact) mass is 229 g/mol. The van der Waals surface area contributed by atoms with Gasteiger partial charge in [0.2, 0.25) is 5.91 Å². The summed E-state index contributed by atoms with van der Waals surface area (Å²) < 4.78 is 5.59. The van der Waals surface area contributed by atoms with Crippen LogP contribution in [0.1, 0.15) is 47.5 Å². The van der Waals surface area contributed by atoms with E-state index in [1.165, 1.54) is 0 Å². The number of carbonyl (C=O) groups excluding carboxylic acids is 1. The largest absolute Gasteiger partial charge is 0.376 e. The number of rotatable bonds is 2. The first-order valence-corrected chi connectivity index (χ1v) is 6.35. The first-order valence-electron chi connectivity index (χ1n) is 6.35. The predicted molar refractivity (Wildman–Crippen MR) is 67.4 cm³/mol. The van der Waals surface area contributed by atoms with Crippen molar-refractivity contribution in [2.24, 2.45) is 5.92 Å². The molecule has 3 nitrogen and oxygen atoms in total. The maximum atomic E-state index is 11.9. The Morgan fingerprint density at radius 3 is 2.44 bits per heavy atom. The van der Waals surface area contributed by atoms with Crippen LogP contribution >= 0.6 is 0 Å². The van der Waals surface area contributed by atoms with E-state index in [-0.39, 0.29) is 17.4 Å². The maximum absolute atomic E-state index is 11.9. The summed E-state index contributed by atoms with van der Waals surface area (Å²) >= 11 is 0. The van der Waals surface area contributed by atoms with Crippen molar-refractivity contribution in [2.75, 3.05) is 20.2 Å². The summed E-state index contributed by atoms with van der Waals surface area (Å²) in [5.74, 6) is 0.424. The highest BCUT2D eigenvalue weighted by Crippen LogP contribution is 2.29. The number of carbonyl (C=O) groups is 1. The Labute approximate surface area is 100 Å². The lowest BCUT2D eigenvalue weighted by Gasteiger charge is -2.36. The highest BCUT2D eigenvalue weighted by Gasteiger charge is 2.33. The standard InChI is InChI=1S/C11H21NO2.C2H6/c1-5-12(4)10(13)9-6-7-14-11(2,3)8-9;1-2/h9H,5-8H2,1-4H3;1-2H3. The summed E-state index contributed by atoms with van der Waals surface area (Å²) in [6.45, 7) is 11.6. The lowest BCUT2D eigenvalue weighted by atomic mass is 9.87. The van der Waals surface area contributed by atoms with Gasteiger partial charge in [-0.05, 0) is 33.6 Å².